The highest BCUT2D eigenvalue weighted by molar-refractivity contribution is 6.34. The molecule has 2 aliphatic heterocycles. The number of aryl methyl sites for hydroxylation is 1. The Morgan fingerprint density at radius 3 is 1.56 bits per heavy atom. The van der Waals surface area contributed by atoms with Gasteiger partial charge < -0.3 is 18.3 Å². The van der Waals surface area contributed by atoms with E-state index in [4.69, 9.17) is 29.9 Å². The van der Waals surface area contributed by atoms with Crippen LogP contribution in [0.1, 0.15) is 77.9 Å². The van der Waals surface area contributed by atoms with Crippen molar-refractivity contribution < 1.29 is 37.5 Å². The molecule has 0 saturated carbocycles. The van der Waals surface area contributed by atoms with Crippen molar-refractivity contribution in [2.45, 2.75) is 26.2 Å². The molecular weight excluding hydrogens is 824 g/mol. The third-order valence-electron chi connectivity index (χ3n) is 10.5. The van der Waals surface area contributed by atoms with Gasteiger partial charge in [-0.05, 0) is 90.8 Å². The van der Waals surface area contributed by atoms with Gasteiger partial charge in [-0.2, -0.15) is 9.80 Å². The van der Waals surface area contributed by atoms with E-state index in [1.807, 2.05) is 79.7 Å². The maximum Gasteiger partial charge on any atom is 0.332 e. The molecule has 0 aliphatic carbocycles. The summed E-state index contributed by atoms with van der Waals surface area (Å²) in [6.45, 7) is 6.14. The smallest absolute Gasteiger partial charge is 0.332 e. The third-order valence-corrected chi connectivity index (χ3v) is 10.7. The molecule has 0 atom stereocenters. The van der Waals surface area contributed by atoms with E-state index in [9.17, 15) is 19.2 Å². The molecular formula is C48H33ClN6O8. The van der Waals surface area contributed by atoms with Crippen molar-refractivity contribution in [3.8, 4) is 34.5 Å². The van der Waals surface area contributed by atoms with Gasteiger partial charge in [-0.1, -0.05) is 102 Å². The van der Waals surface area contributed by atoms with Gasteiger partial charge in [-0.15, -0.1) is 10.2 Å². The lowest BCUT2D eigenvalue weighted by atomic mass is 9.78. The van der Waals surface area contributed by atoms with Gasteiger partial charge in [0, 0.05) is 22.6 Å². The van der Waals surface area contributed by atoms with E-state index in [-0.39, 0.29) is 46.1 Å². The van der Waals surface area contributed by atoms with Crippen LogP contribution in [0.15, 0.2) is 148 Å². The maximum atomic E-state index is 13.4. The van der Waals surface area contributed by atoms with Crippen molar-refractivity contribution >= 4 is 53.3 Å². The van der Waals surface area contributed by atoms with Crippen LogP contribution in [0.4, 0.5) is 12.0 Å². The molecule has 9 rings (SSSR count). The number of halogens is 1. The molecule has 0 unspecified atom stereocenters. The van der Waals surface area contributed by atoms with Crippen LogP contribution < -0.4 is 19.3 Å². The number of allylic oxidation sites excluding steroid dienone is 4. The molecule has 5 aromatic carbocycles. The number of hydrogen-bond acceptors (Lipinski definition) is 12. The molecule has 2 aliphatic rings. The Labute approximate surface area is 364 Å². The van der Waals surface area contributed by atoms with Gasteiger partial charge in [-0.3, -0.25) is 19.2 Å². The minimum atomic E-state index is -0.611. The number of fused-ring (bicyclic) bond motifs is 2. The molecule has 0 saturated heterocycles. The first kappa shape index (κ1) is 40.2. The normalized spacial score (nSPS) is 13.9. The van der Waals surface area contributed by atoms with Gasteiger partial charge >= 0.3 is 12.0 Å². The Balaban J connectivity index is 0.834. The number of carbonyl (C=O) groups excluding carboxylic acids is 4. The predicted octanol–water partition coefficient (Wildman–Crippen LogP) is 10.3. The highest BCUT2D eigenvalue weighted by atomic mass is 35.5. The lowest BCUT2D eigenvalue weighted by Crippen LogP contribution is -2.29. The average Bonchev–Trinajstić information content (AvgIpc) is 4.06. The Kier molecular flexibility index (Phi) is 10.4. The summed E-state index contributed by atoms with van der Waals surface area (Å²) < 4.78 is 23.5. The molecule has 15 heteroatoms. The lowest BCUT2D eigenvalue weighted by Gasteiger charge is -2.26. The van der Waals surface area contributed by atoms with Gasteiger partial charge in [0.15, 0.2) is 0 Å². The van der Waals surface area contributed by atoms with E-state index in [0.717, 1.165) is 26.5 Å². The first-order valence-corrected chi connectivity index (χ1v) is 19.9. The van der Waals surface area contributed by atoms with Crippen LogP contribution in [-0.2, 0) is 5.41 Å². The van der Waals surface area contributed by atoms with Crippen molar-refractivity contribution in [1.82, 2.24) is 20.4 Å². The van der Waals surface area contributed by atoms with Gasteiger partial charge in [0.25, 0.3) is 23.6 Å². The summed E-state index contributed by atoms with van der Waals surface area (Å²) in [6, 6.07) is 31.5. The summed E-state index contributed by atoms with van der Waals surface area (Å²) in [4.78, 5) is 54.9. The quantitative estimate of drug-likeness (QED) is 0.0842. The van der Waals surface area contributed by atoms with Crippen molar-refractivity contribution in [2.75, 3.05) is 9.80 Å². The van der Waals surface area contributed by atoms with E-state index < -0.39 is 29.0 Å². The number of rotatable bonds is 12. The van der Waals surface area contributed by atoms with E-state index in [1.165, 1.54) is 29.8 Å². The van der Waals surface area contributed by atoms with Crippen LogP contribution >= 0.6 is 11.6 Å². The molecule has 4 amide bonds. The summed E-state index contributed by atoms with van der Waals surface area (Å²) in [5.41, 5.74) is 5.36. The van der Waals surface area contributed by atoms with Gasteiger partial charge in [0.2, 0.25) is 11.8 Å². The SMILES string of the molecule is Cc1ccc(-c2nnc(N3C(=O)c4ccc(Oc5ccc(C(C)(C)c6ccc(Oc7ccc8c(c7)C(=O)N(c7nnc(/C=C/C=C\C=C\Cl)o7)C8=O)cc6)cc5)cc4C3=O)o2)cc1. The molecule has 310 valence electrons. The van der Waals surface area contributed by atoms with Crippen LogP contribution in [0, 0.1) is 6.92 Å². The van der Waals surface area contributed by atoms with E-state index >= 15 is 0 Å². The number of hydrogen-bond donors (Lipinski definition) is 0. The number of amides is 4. The van der Waals surface area contributed by atoms with E-state index in [1.54, 1.807) is 42.5 Å². The lowest BCUT2D eigenvalue weighted by molar-refractivity contribution is 0.0902. The van der Waals surface area contributed by atoms with Gasteiger partial charge in [0.05, 0.1) is 22.3 Å². The second-order valence-corrected chi connectivity index (χ2v) is 15.2. The number of anilines is 2. The minimum Gasteiger partial charge on any atom is -0.457 e. The molecule has 14 nitrogen and oxygen atoms in total. The highest BCUT2D eigenvalue weighted by Gasteiger charge is 2.41. The zero-order valence-corrected chi connectivity index (χ0v) is 34.4. The summed E-state index contributed by atoms with van der Waals surface area (Å²) >= 11 is 5.49. The second-order valence-electron chi connectivity index (χ2n) is 14.9. The Bertz CT molecular complexity index is 3040. The summed E-state index contributed by atoms with van der Waals surface area (Å²) in [7, 11) is 0. The summed E-state index contributed by atoms with van der Waals surface area (Å²) in [6.07, 6.45) is 8.20. The van der Waals surface area contributed by atoms with Crippen LogP contribution in [0.2, 0.25) is 0 Å². The Morgan fingerprint density at radius 1 is 0.540 bits per heavy atom. The molecule has 2 aromatic heterocycles. The molecule has 0 radical (unpaired) electrons. The molecule has 63 heavy (non-hydrogen) atoms. The topological polar surface area (TPSA) is 171 Å². The zero-order chi connectivity index (χ0) is 43.8. The van der Waals surface area contributed by atoms with Gasteiger partial charge in [0.1, 0.15) is 23.0 Å². The van der Waals surface area contributed by atoms with Gasteiger partial charge in [-0.25, -0.2) is 0 Å². The summed E-state index contributed by atoms with van der Waals surface area (Å²) in [5.74, 6) is -0.262. The molecule has 4 heterocycles. The third kappa shape index (κ3) is 7.70. The molecule has 7 aromatic rings. The molecule has 0 fully saturated rings. The second kappa shape index (κ2) is 16.3. The first-order chi connectivity index (χ1) is 30.5. The Hall–Kier alpha value is -8.23. The highest BCUT2D eigenvalue weighted by Crippen LogP contribution is 2.37. The van der Waals surface area contributed by atoms with E-state index in [2.05, 4.69) is 34.2 Å². The number of aromatic nitrogens is 4. The maximum absolute atomic E-state index is 13.4. The monoisotopic (exact) mass is 856 g/mol. The van der Waals surface area contributed by atoms with Crippen molar-refractivity contribution in [3.63, 3.8) is 0 Å². The predicted molar refractivity (Wildman–Crippen MR) is 232 cm³/mol. The van der Waals surface area contributed by atoms with Crippen molar-refractivity contribution in [2.24, 2.45) is 0 Å². The fraction of sp³-hybridized carbons (Fsp3) is 0.0833. The number of carbonyl (C=O) groups is 4. The number of nitrogens with zero attached hydrogens (tertiary/aromatic N) is 6. The average molecular weight is 857 g/mol. The Morgan fingerprint density at radius 2 is 1.02 bits per heavy atom. The largest absolute Gasteiger partial charge is 0.457 e. The summed E-state index contributed by atoms with van der Waals surface area (Å²) in [5, 5.41) is 15.8. The van der Waals surface area contributed by atoms with Crippen LogP contribution in [-0.4, -0.2) is 44.0 Å². The first-order valence-electron chi connectivity index (χ1n) is 19.4. The number of benzene rings is 5. The van der Waals surface area contributed by atoms with Crippen LogP contribution in [0.3, 0.4) is 0 Å². The fourth-order valence-electron chi connectivity index (χ4n) is 7.04. The number of imide groups is 2. The molecule has 0 spiro atoms. The molecule has 0 bridgehead atoms. The molecule has 0 N–H and O–H groups in total. The van der Waals surface area contributed by atoms with Crippen LogP contribution in [0.25, 0.3) is 17.5 Å². The van der Waals surface area contributed by atoms with Crippen molar-refractivity contribution in [3.05, 3.63) is 184 Å². The zero-order valence-electron chi connectivity index (χ0n) is 33.7. The fourth-order valence-corrected chi connectivity index (χ4v) is 7.13. The van der Waals surface area contributed by atoms with E-state index in [0.29, 0.717) is 28.6 Å². The van der Waals surface area contributed by atoms with Crippen LogP contribution in [0.5, 0.6) is 23.0 Å². The standard InChI is InChI=1S/C48H33ClN6O8/c1-28-9-11-29(12-10-28)41-51-53-47(63-41)55-43(57)37-24-22-35(27-39(37)45(55)59)61-33-19-15-31(16-20-33)48(2,3)30-13-17-32(18-14-30)60-34-21-23-36-38(26-34)44(58)54(42(36)56)46-52-50-40(62-46)8-6-4-5-7-25-49/h4-27H,1-3H3/b5-4-,8-6+,25-7+. The van der Waals surface area contributed by atoms with Crippen molar-refractivity contribution in [1.29, 1.82) is 0 Å². The minimum absolute atomic E-state index is 0.110. The number of ether oxygens (including phenoxy) is 2.